The van der Waals surface area contributed by atoms with Crippen molar-refractivity contribution in [1.29, 1.82) is 0 Å². The van der Waals surface area contributed by atoms with Gasteiger partial charge in [-0.05, 0) is 61.7 Å². The number of likely N-dealkylation sites (tertiary alicyclic amines) is 1. The number of hydrogen-bond donors (Lipinski definition) is 0. The first-order valence-electron chi connectivity index (χ1n) is 9.95. The molecule has 28 heavy (non-hydrogen) atoms. The van der Waals surface area contributed by atoms with Crippen LogP contribution < -0.4 is 0 Å². The standard InChI is InChI=1S/C22H25ClN2O2S/c1-15(16-4-6-18(23)7-5-16)25(19-8-9-19)21(26)17-10-12-24(13-11-17)22(27)20-3-2-14-28-20/h2-7,14-15,17,19H,8-13H2,1H3. The maximum Gasteiger partial charge on any atom is 0.263 e. The fraction of sp³-hybridized carbons (Fsp3) is 0.455. The van der Waals surface area contributed by atoms with Crippen LogP contribution in [-0.4, -0.2) is 40.7 Å². The van der Waals surface area contributed by atoms with Crippen LogP contribution in [0.3, 0.4) is 0 Å². The maximum atomic E-state index is 13.4. The van der Waals surface area contributed by atoms with Crippen LogP contribution in [0, 0.1) is 5.92 Å². The second kappa shape index (κ2) is 8.26. The first-order chi connectivity index (χ1) is 13.5. The molecule has 0 N–H and O–H groups in total. The second-order valence-electron chi connectivity index (χ2n) is 7.75. The van der Waals surface area contributed by atoms with E-state index in [1.165, 1.54) is 11.3 Å². The Hall–Kier alpha value is -1.85. The van der Waals surface area contributed by atoms with Crippen molar-refractivity contribution in [2.45, 2.75) is 44.7 Å². The fourth-order valence-electron chi connectivity index (χ4n) is 4.04. The summed E-state index contributed by atoms with van der Waals surface area (Å²) in [5, 5.41) is 2.64. The fourth-order valence-corrected chi connectivity index (χ4v) is 4.85. The number of rotatable bonds is 5. The molecule has 6 heteroatoms. The van der Waals surface area contributed by atoms with Gasteiger partial charge < -0.3 is 9.80 Å². The predicted molar refractivity (Wildman–Crippen MR) is 113 cm³/mol. The van der Waals surface area contributed by atoms with Crippen molar-refractivity contribution in [2.24, 2.45) is 5.92 Å². The van der Waals surface area contributed by atoms with E-state index in [4.69, 9.17) is 11.6 Å². The second-order valence-corrected chi connectivity index (χ2v) is 9.13. The topological polar surface area (TPSA) is 40.6 Å². The van der Waals surface area contributed by atoms with E-state index in [2.05, 4.69) is 11.8 Å². The normalized spacial score (nSPS) is 18.7. The molecule has 1 aromatic carbocycles. The van der Waals surface area contributed by atoms with Crippen LogP contribution in [0.1, 0.15) is 53.9 Å². The molecule has 1 saturated heterocycles. The number of piperidine rings is 1. The van der Waals surface area contributed by atoms with Crippen molar-refractivity contribution in [3.8, 4) is 0 Å². The molecule has 4 nitrogen and oxygen atoms in total. The zero-order valence-corrected chi connectivity index (χ0v) is 17.6. The average Bonchev–Trinajstić information content (AvgIpc) is 3.39. The Morgan fingerprint density at radius 3 is 2.36 bits per heavy atom. The molecule has 1 aliphatic heterocycles. The largest absolute Gasteiger partial charge is 0.338 e. The van der Waals surface area contributed by atoms with E-state index in [0.717, 1.165) is 36.1 Å². The van der Waals surface area contributed by atoms with E-state index < -0.39 is 0 Å². The van der Waals surface area contributed by atoms with Crippen LogP contribution in [0.2, 0.25) is 5.02 Å². The van der Waals surface area contributed by atoms with Gasteiger partial charge in [0.2, 0.25) is 5.91 Å². The van der Waals surface area contributed by atoms with Gasteiger partial charge in [-0.15, -0.1) is 11.3 Å². The van der Waals surface area contributed by atoms with Gasteiger partial charge >= 0.3 is 0 Å². The molecular formula is C22H25ClN2O2S. The summed E-state index contributed by atoms with van der Waals surface area (Å²) in [5.41, 5.74) is 1.12. The summed E-state index contributed by atoms with van der Waals surface area (Å²) in [7, 11) is 0. The number of nitrogens with zero attached hydrogens (tertiary/aromatic N) is 2. The zero-order valence-electron chi connectivity index (χ0n) is 16.0. The summed E-state index contributed by atoms with van der Waals surface area (Å²) in [6.07, 6.45) is 3.65. The Morgan fingerprint density at radius 2 is 1.79 bits per heavy atom. The quantitative estimate of drug-likeness (QED) is 0.687. The highest BCUT2D eigenvalue weighted by Gasteiger charge is 2.40. The highest BCUT2D eigenvalue weighted by Crippen LogP contribution is 2.37. The van der Waals surface area contributed by atoms with Gasteiger partial charge in [0, 0.05) is 30.1 Å². The number of thiophene rings is 1. The summed E-state index contributed by atoms with van der Waals surface area (Å²) in [6.45, 7) is 3.41. The number of halogens is 1. The van der Waals surface area contributed by atoms with E-state index in [0.29, 0.717) is 24.2 Å². The minimum Gasteiger partial charge on any atom is -0.338 e. The van der Waals surface area contributed by atoms with Crippen molar-refractivity contribution in [2.75, 3.05) is 13.1 Å². The Labute approximate surface area is 175 Å². The highest BCUT2D eigenvalue weighted by atomic mass is 35.5. The summed E-state index contributed by atoms with van der Waals surface area (Å²) in [6, 6.07) is 12.0. The third-order valence-electron chi connectivity index (χ3n) is 5.83. The predicted octanol–water partition coefficient (Wildman–Crippen LogP) is 5.01. The van der Waals surface area contributed by atoms with Crippen molar-refractivity contribution < 1.29 is 9.59 Å². The molecule has 2 aromatic rings. The number of benzene rings is 1. The molecule has 1 aliphatic carbocycles. The lowest BCUT2D eigenvalue weighted by Gasteiger charge is -2.37. The molecule has 1 aromatic heterocycles. The van der Waals surface area contributed by atoms with Crippen molar-refractivity contribution in [1.82, 2.24) is 9.80 Å². The Balaban J connectivity index is 1.41. The van der Waals surface area contributed by atoms with E-state index in [-0.39, 0.29) is 23.8 Å². The summed E-state index contributed by atoms with van der Waals surface area (Å²) in [5.74, 6) is 0.338. The van der Waals surface area contributed by atoms with Gasteiger partial charge in [-0.3, -0.25) is 9.59 Å². The summed E-state index contributed by atoms with van der Waals surface area (Å²) < 4.78 is 0. The van der Waals surface area contributed by atoms with Crippen LogP contribution in [0.25, 0.3) is 0 Å². The molecule has 1 unspecified atom stereocenters. The number of amides is 2. The Kier molecular flexibility index (Phi) is 5.74. The van der Waals surface area contributed by atoms with Crippen LogP contribution in [0.4, 0.5) is 0 Å². The van der Waals surface area contributed by atoms with Gasteiger partial charge in [-0.2, -0.15) is 0 Å². The molecule has 1 atom stereocenters. The maximum absolute atomic E-state index is 13.4. The van der Waals surface area contributed by atoms with E-state index >= 15 is 0 Å². The van der Waals surface area contributed by atoms with Gasteiger partial charge in [-0.1, -0.05) is 29.8 Å². The van der Waals surface area contributed by atoms with Gasteiger partial charge in [0.1, 0.15) is 0 Å². The first-order valence-corrected chi connectivity index (χ1v) is 11.2. The molecule has 0 bridgehead atoms. The van der Waals surface area contributed by atoms with Gasteiger partial charge in [0.25, 0.3) is 5.91 Å². The minimum absolute atomic E-state index is 0.00253. The van der Waals surface area contributed by atoms with Crippen molar-refractivity contribution in [3.05, 3.63) is 57.2 Å². The van der Waals surface area contributed by atoms with Crippen molar-refractivity contribution in [3.63, 3.8) is 0 Å². The molecule has 0 radical (unpaired) electrons. The number of carbonyl (C=O) groups excluding carboxylic acids is 2. The lowest BCUT2D eigenvalue weighted by Crippen LogP contribution is -2.45. The molecule has 1 saturated carbocycles. The monoisotopic (exact) mass is 416 g/mol. The Bertz CT molecular complexity index is 825. The number of carbonyl (C=O) groups is 2. The van der Waals surface area contributed by atoms with E-state index in [1.807, 2.05) is 46.7 Å². The Morgan fingerprint density at radius 1 is 1.11 bits per heavy atom. The molecular weight excluding hydrogens is 392 g/mol. The molecule has 0 spiro atoms. The van der Waals surface area contributed by atoms with E-state index in [1.54, 1.807) is 0 Å². The molecule has 148 valence electrons. The van der Waals surface area contributed by atoms with E-state index in [9.17, 15) is 9.59 Å². The zero-order chi connectivity index (χ0) is 19.7. The lowest BCUT2D eigenvalue weighted by atomic mass is 9.93. The molecule has 2 fully saturated rings. The summed E-state index contributed by atoms with van der Waals surface area (Å²) in [4.78, 5) is 30.7. The number of hydrogen-bond acceptors (Lipinski definition) is 3. The smallest absolute Gasteiger partial charge is 0.263 e. The van der Waals surface area contributed by atoms with Gasteiger partial charge in [0.05, 0.1) is 10.9 Å². The third kappa shape index (κ3) is 4.11. The van der Waals surface area contributed by atoms with Crippen LogP contribution >= 0.6 is 22.9 Å². The minimum atomic E-state index is 0.00253. The summed E-state index contributed by atoms with van der Waals surface area (Å²) >= 11 is 7.49. The third-order valence-corrected chi connectivity index (χ3v) is 6.94. The van der Waals surface area contributed by atoms with Crippen LogP contribution in [-0.2, 0) is 4.79 Å². The molecule has 2 aliphatic rings. The first kappa shape index (κ1) is 19.5. The van der Waals surface area contributed by atoms with Crippen LogP contribution in [0.15, 0.2) is 41.8 Å². The van der Waals surface area contributed by atoms with Gasteiger partial charge in [-0.25, -0.2) is 0 Å². The SMILES string of the molecule is CC(c1ccc(Cl)cc1)N(C(=O)C1CCN(C(=O)c2cccs2)CC1)C1CC1. The van der Waals surface area contributed by atoms with Crippen molar-refractivity contribution >= 4 is 34.8 Å². The van der Waals surface area contributed by atoms with Crippen LogP contribution in [0.5, 0.6) is 0 Å². The lowest BCUT2D eigenvalue weighted by molar-refractivity contribution is -0.139. The van der Waals surface area contributed by atoms with Gasteiger partial charge in [0.15, 0.2) is 0 Å². The highest BCUT2D eigenvalue weighted by molar-refractivity contribution is 7.12. The molecule has 2 heterocycles. The molecule has 2 amide bonds. The molecule has 4 rings (SSSR count). The average molecular weight is 417 g/mol.